The van der Waals surface area contributed by atoms with E-state index in [-0.39, 0.29) is 12.8 Å². The molecule has 0 spiro atoms. The molecule has 6 N–H and O–H groups in total. The zero-order valence-corrected chi connectivity index (χ0v) is 6.51. The molecule has 0 radical (unpaired) electrons. The minimum absolute atomic E-state index is 0. The Balaban J connectivity index is 0. The van der Waals surface area contributed by atoms with Gasteiger partial charge in [0.05, 0.1) is 6.61 Å². The van der Waals surface area contributed by atoms with Gasteiger partial charge in [-0.15, -0.1) is 0 Å². The molecule has 1 unspecified atom stereocenters. The molecular formula is C3H11N2O4P. The fraction of sp³-hybridized carbons (Fsp3) is 0.667. The van der Waals surface area contributed by atoms with E-state index in [2.05, 4.69) is 10.3 Å². The molecule has 6 nitrogen and oxygen atoms in total. The van der Waals surface area contributed by atoms with Crippen LogP contribution >= 0.6 is 7.60 Å². The molecule has 0 aliphatic carbocycles. The van der Waals surface area contributed by atoms with Gasteiger partial charge in [0.1, 0.15) is 0 Å². The van der Waals surface area contributed by atoms with Crippen molar-refractivity contribution in [3.05, 3.63) is 0 Å². The number of carbonyl (C=O) groups is 1. The highest BCUT2D eigenvalue weighted by molar-refractivity contribution is 7.70. The number of nitrogens with two attached hydrogens (primary N) is 1. The largest absolute Gasteiger partial charge is 0.415 e. The smallest absolute Gasteiger partial charge is 0.359 e. The maximum absolute atomic E-state index is 10.4. The summed E-state index contributed by atoms with van der Waals surface area (Å²) in [7, 11) is -4.13. The van der Waals surface area contributed by atoms with E-state index in [0.717, 1.165) is 0 Å². The van der Waals surface area contributed by atoms with Gasteiger partial charge in [-0.2, -0.15) is 0 Å². The summed E-state index contributed by atoms with van der Waals surface area (Å²) < 4.78 is 14.5. The van der Waals surface area contributed by atoms with Crippen LogP contribution < -0.4 is 11.9 Å². The van der Waals surface area contributed by atoms with Crippen LogP contribution in [0.2, 0.25) is 0 Å². The number of primary amides is 1. The van der Waals surface area contributed by atoms with Gasteiger partial charge in [-0.3, -0.25) is 4.79 Å². The molecule has 0 bridgehead atoms. The zero-order chi connectivity index (χ0) is 7.49. The Kier molecular flexibility index (Phi) is 5.41. The molecular weight excluding hydrogens is 159 g/mol. The molecule has 0 aromatic rings. The van der Waals surface area contributed by atoms with Gasteiger partial charge in [-0.05, 0) is 6.92 Å². The maximum atomic E-state index is 10.4. The highest BCUT2D eigenvalue weighted by Gasteiger charge is 2.26. The molecule has 0 rings (SSSR count). The lowest BCUT2D eigenvalue weighted by molar-refractivity contribution is 0.240. The highest BCUT2D eigenvalue weighted by atomic mass is 31.2. The van der Waals surface area contributed by atoms with E-state index in [1.807, 2.05) is 0 Å². The lowest BCUT2D eigenvalue weighted by Gasteiger charge is -2.03. The van der Waals surface area contributed by atoms with Gasteiger partial charge >= 0.3 is 13.2 Å². The Morgan fingerprint density at radius 1 is 1.80 bits per heavy atom. The van der Waals surface area contributed by atoms with Gasteiger partial charge in [0.2, 0.25) is 0 Å². The Morgan fingerprint density at radius 3 is 2.30 bits per heavy atom. The summed E-state index contributed by atoms with van der Waals surface area (Å²) >= 11 is 0. The first-order valence-electron chi connectivity index (χ1n) is 2.28. The first-order chi connectivity index (χ1) is 4.00. The normalized spacial score (nSPS) is 15.0. The number of hydrogen-bond donors (Lipinski definition) is 3. The van der Waals surface area contributed by atoms with Crippen LogP contribution in [0.4, 0.5) is 4.79 Å². The van der Waals surface area contributed by atoms with Crippen molar-refractivity contribution in [2.45, 2.75) is 6.92 Å². The molecule has 7 heteroatoms. The average Bonchev–Trinajstić information content (AvgIpc) is 1.65. The van der Waals surface area contributed by atoms with Gasteiger partial charge in [-0.25, -0.2) is 4.57 Å². The van der Waals surface area contributed by atoms with Gasteiger partial charge in [0.25, 0.3) is 0 Å². The molecule has 0 aromatic heterocycles. The van der Waals surface area contributed by atoms with E-state index in [1.165, 1.54) is 6.92 Å². The summed E-state index contributed by atoms with van der Waals surface area (Å²) in [5, 5.41) is 0. The first-order valence-corrected chi connectivity index (χ1v) is 3.85. The van der Waals surface area contributed by atoms with Crippen LogP contribution in [0.15, 0.2) is 0 Å². The fourth-order valence-corrected chi connectivity index (χ4v) is 0.716. The van der Waals surface area contributed by atoms with Crippen molar-refractivity contribution in [3.8, 4) is 0 Å². The minimum Gasteiger partial charge on any atom is -0.359 e. The second-order valence-electron chi connectivity index (χ2n) is 1.28. The SMILES string of the molecule is CCOP(=O)(O)C(N)=O.N. The predicted octanol–water partition coefficient (Wildman–Crippen LogP) is 0.449. The third-order valence-corrected chi connectivity index (χ3v) is 1.75. The van der Waals surface area contributed by atoms with Crippen LogP contribution in [0.3, 0.4) is 0 Å². The van der Waals surface area contributed by atoms with Crippen molar-refractivity contribution < 1.29 is 18.8 Å². The van der Waals surface area contributed by atoms with E-state index < -0.39 is 13.2 Å². The topological polar surface area (TPSA) is 125 Å². The number of hydrogen-bond acceptors (Lipinski definition) is 4. The van der Waals surface area contributed by atoms with E-state index in [4.69, 9.17) is 4.89 Å². The minimum atomic E-state index is -4.13. The van der Waals surface area contributed by atoms with E-state index >= 15 is 0 Å². The summed E-state index contributed by atoms with van der Waals surface area (Å²) in [4.78, 5) is 18.4. The monoisotopic (exact) mass is 170 g/mol. The number of carbonyl (C=O) groups excluding carboxylic acids is 1. The van der Waals surface area contributed by atoms with Crippen LogP contribution in [0, 0.1) is 0 Å². The third-order valence-electron chi connectivity index (χ3n) is 0.583. The molecule has 62 valence electrons. The summed E-state index contributed by atoms with van der Waals surface area (Å²) in [5.74, 6) is 0. The molecule has 0 aliphatic rings. The van der Waals surface area contributed by atoms with Crippen LogP contribution in [0.25, 0.3) is 0 Å². The lowest BCUT2D eigenvalue weighted by atomic mass is 10.9. The molecule has 0 fully saturated rings. The Hall–Kier alpha value is -0.420. The van der Waals surface area contributed by atoms with Gasteiger partial charge < -0.3 is 21.3 Å². The summed E-state index contributed by atoms with van der Waals surface area (Å²) in [5.41, 5.74) is 3.16. The fourth-order valence-electron chi connectivity index (χ4n) is 0.239. The van der Waals surface area contributed by atoms with Crippen LogP contribution in [0.5, 0.6) is 0 Å². The molecule has 1 atom stereocenters. The van der Waals surface area contributed by atoms with Crippen LogP contribution in [0.1, 0.15) is 6.92 Å². The van der Waals surface area contributed by atoms with E-state index in [1.54, 1.807) is 0 Å². The number of rotatable bonds is 3. The predicted molar refractivity (Wildman–Crippen MR) is 36.1 cm³/mol. The van der Waals surface area contributed by atoms with Crippen molar-refractivity contribution in [1.82, 2.24) is 6.15 Å². The van der Waals surface area contributed by atoms with Gasteiger partial charge in [-0.1, -0.05) is 0 Å². The zero-order valence-electron chi connectivity index (χ0n) is 5.61. The second kappa shape index (κ2) is 4.40. The Bertz CT molecular complexity index is 159. The third kappa shape index (κ3) is 3.58. The van der Waals surface area contributed by atoms with E-state index in [9.17, 15) is 9.36 Å². The van der Waals surface area contributed by atoms with Crippen molar-refractivity contribution in [3.63, 3.8) is 0 Å². The van der Waals surface area contributed by atoms with Crippen molar-refractivity contribution in [2.75, 3.05) is 6.61 Å². The average molecular weight is 170 g/mol. The molecule has 0 aliphatic heterocycles. The van der Waals surface area contributed by atoms with Crippen LogP contribution in [-0.4, -0.2) is 17.1 Å². The first kappa shape index (κ1) is 12.3. The van der Waals surface area contributed by atoms with E-state index in [0.29, 0.717) is 0 Å². The maximum Gasteiger partial charge on any atom is 0.415 e. The molecule has 1 amide bonds. The number of amides is 1. The molecule has 0 aromatic carbocycles. The molecule has 0 heterocycles. The molecule has 0 saturated carbocycles. The lowest BCUT2D eigenvalue weighted by Crippen LogP contribution is -2.10. The quantitative estimate of drug-likeness (QED) is 0.530. The van der Waals surface area contributed by atoms with Crippen molar-refractivity contribution in [2.24, 2.45) is 5.73 Å². The Morgan fingerprint density at radius 2 is 2.20 bits per heavy atom. The van der Waals surface area contributed by atoms with Crippen molar-refractivity contribution in [1.29, 1.82) is 0 Å². The molecule has 0 saturated heterocycles. The second-order valence-corrected chi connectivity index (χ2v) is 3.02. The van der Waals surface area contributed by atoms with Crippen molar-refractivity contribution >= 4 is 13.2 Å². The van der Waals surface area contributed by atoms with Gasteiger partial charge in [0, 0.05) is 0 Å². The Labute approximate surface area is 58.5 Å². The molecule has 10 heavy (non-hydrogen) atoms. The highest BCUT2D eigenvalue weighted by Crippen LogP contribution is 2.40. The summed E-state index contributed by atoms with van der Waals surface area (Å²) in [6.45, 7) is 1.49. The van der Waals surface area contributed by atoms with Crippen LogP contribution in [-0.2, 0) is 9.09 Å². The standard InChI is InChI=1S/C3H8NO4P.H3N/c1-2-8-9(6,7)3(4)5;/h2H2,1H3,(H2,4,5)(H,6,7);1H3. The summed E-state index contributed by atoms with van der Waals surface area (Å²) in [6.07, 6.45) is 0. The summed E-state index contributed by atoms with van der Waals surface area (Å²) in [6, 6.07) is 0. The van der Waals surface area contributed by atoms with Gasteiger partial charge in [0.15, 0.2) is 0 Å².